The van der Waals surface area contributed by atoms with Crippen LogP contribution in [0.25, 0.3) is 11.4 Å². The molecule has 8 nitrogen and oxygen atoms in total. The van der Waals surface area contributed by atoms with E-state index < -0.39 is 4.92 Å². The van der Waals surface area contributed by atoms with E-state index in [0.29, 0.717) is 27.3 Å². The molecule has 0 saturated carbocycles. The number of ketones is 1. The molecule has 1 N–H and O–H groups in total. The number of carbonyl (C=O) groups excluding carboxylic acids is 1. The molecule has 0 unspecified atom stereocenters. The Bertz CT molecular complexity index is 1060. The number of rotatable bonds is 7. The second-order valence-corrected chi connectivity index (χ2v) is 7.23. The highest BCUT2D eigenvalue weighted by Crippen LogP contribution is 2.31. The van der Waals surface area contributed by atoms with Gasteiger partial charge in [-0.3, -0.25) is 20.0 Å². The van der Waals surface area contributed by atoms with Gasteiger partial charge in [0, 0.05) is 22.7 Å². The van der Waals surface area contributed by atoms with Crippen LogP contribution in [0.5, 0.6) is 5.75 Å². The van der Waals surface area contributed by atoms with Crippen LogP contribution in [0.4, 0.5) is 5.69 Å². The van der Waals surface area contributed by atoms with E-state index in [4.69, 9.17) is 27.9 Å². The van der Waals surface area contributed by atoms with Crippen LogP contribution in [0.1, 0.15) is 10.4 Å². The predicted octanol–water partition coefficient (Wildman–Crippen LogP) is 4.67. The third-order valence-electron chi connectivity index (χ3n) is 3.68. The Balaban J connectivity index is 1.75. The van der Waals surface area contributed by atoms with E-state index in [-0.39, 0.29) is 27.8 Å². The first kappa shape index (κ1) is 20.1. The summed E-state index contributed by atoms with van der Waals surface area (Å²) in [5.41, 5.74) is 0.504. The number of nitrogens with zero attached hydrogens (tertiary/aromatic N) is 3. The maximum atomic E-state index is 12.4. The second kappa shape index (κ2) is 8.59. The van der Waals surface area contributed by atoms with Gasteiger partial charge in [-0.2, -0.15) is 0 Å². The molecule has 1 heterocycles. The largest absolute Gasteiger partial charge is 0.496 e. The van der Waals surface area contributed by atoms with Crippen LogP contribution in [-0.4, -0.2) is 38.8 Å². The van der Waals surface area contributed by atoms with Crippen molar-refractivity contribution in [2.24, 2.45) is 0 Å². The zero-order chi connectivity index (χ0) is 20.3. The van der Waals surface area contributed by atoms with Crippen LogP contribution in [0.15, 0.2) is 41.6 Å². The highest BCUT2D eigenvalue weighted by atomic mass is 35.5. The van der Waals surface area contributed by atoms with Gasteiger partial charge in [0.05, 0.1) is 28.4 Å². The summed E-state index contributed by atoms with van der Waals surface area (Å²) in [6.07, 6.45) is 0. The number of Topliss-reactive ketones (excluding diaryl/α,β-unsaturated/α-hetero) is 1. The number of thioether (sulfide) groups is 1. The highest BCUT2D eigenvalue weighted by Gasteiger charge is 2.18. The van der Waals surface area contributed by atoms with Gasteiger partial charge in [-0.1, -0.05) is 35.0 Å². The Kier molecular flexibility index (Phi) is 6.18. The number of benzene rings is 2. The second-order valence-electron chi connectivity index (χ2n) is 5.44. The maximum absolute atomic E-state index is 12.4. The fraction of sp³-hybridized carbons (Fsp3) is 0.118. The molecule has 2 aromatic carbocycles. The number of nitro benzene ring substituents is 1. The molecule has 0 aliphatic heterocycles. The van der Waals surface area contributed by atoms with Crippen molar-refractivity contribution in [2.75, 3.05) is 12.9 Å². The van der Waals surface area contributed by atoms with Crippen LogP contribution in [-0.2, 0) is 0 Å². The standard InChI is InChI=1S/C17H12Cl2N4O4S/c1-27-15-5-2-9(18)6-12(15)16-20-17(22-21-16)28-8-14(24)11-7-10(23(25)26)3-4-13(11)19/h2-7H,8H2,1H3,(H,20,21,22). The number of nitrogens with one attached hydrogen (secondary N) is 1. The molecule has 28 heavy (non-hydrogen) atoms. The lowest BCUT2D eigenvalue weighted by Crippen LogP contribution is -2.04. The molecule has 0 atom stereocenters. The smallest absolute Gasteiger partial charge is 0.270 e. The molecule has 0 aliphatic carbocycles. The zero-order valence-corrected chi connectivity index (χ0v) is 16.6. The number of hydrogen-bond donors (Lipinski definition) is 1. The van der Waals surface area contributed by atoms with Crippen LogP contribution in [0.2, 0.25) is 10.0 Å². The number of nitro groups is 1. The maximum Gasteiger partial charge on any atom is 0.270 e. The molecule has 144 valence electrons. The van der Waals surface area contributed by atoms with Gasteiger partial charge in [0.25, 0.3) is 5.69 Å². The van der Waals surface area contributed by atoms with Crippen LogP contribution in [0.3, 0.4) is 0 Å². The summed E-state index contributed by atoms with van der Waals surface area (Å²) in [6, 6.07) is 8.81. The molecule has 11 heteroatoms. The summed E-state index contributed by atoms with van der Waals surface area (Å²) in [5.74, 6) is 0.592. The van der Waals surface area contributed by atoms with Gasteiger partial charge in [-0.15, -0.1) is 5.10 Å². The molecule has 0 aliphatic rings. The van der Waals surface area contributed by atoms with Crippen molar-refractivity contribution in [3.05, 3.63) is 62.1 Å². The minimum Gasteiger partial charge on any atom is -0.496 e. The molecular formula is C17H12Cl2N4O4S. The fourth-order valence-electron chi connectivity index (χ4n) is 2.35. The number of methoxy groups -OCH3 is 1. The number of H-pyrrole nitrogens is 1. The SMILES string of the molecule is COc1ccc(Cl)cc1-c1nc(SCC(=O)c2cc([N+](=O)[O-])ccc2Cl)n[nH]1. The Labute approximate surface area is 173 Å². The van der Waals surface area contributed by atoms with E-state index in [1.165, 1.54) is 19.2 Å². The topological polar surface area (TPSA) is 111 Å². The highest BCUT2D eigenvalue weighted by molar-refractivity contribution is 7.99. The Morgan fingerprint density at radius 3 is 2.79 bits per heavy atom. The van der Waals surface area contributed by atoms with Gasteiger partial charge >= 0.3 is 0 Å². The van der Waals surface area contributed by atoms with Gasteiger partial charge in [-0.05, 0) is 24.3 Å². The van der Waals surface area contributed by atoms with Crippen molar-refractivity contribution in [3.8, 4) is 17.1 Å². The van der Waals surface area contributed by atoms with Crippen LogP contribution in [0, 0.1) is 10.1 Å². The van der Waals surface area contributed by atoms with E-state index in [1.54, 1.807) is 18.2 Å². The third-order valence-corrected chi connectivity index (χ3v) is 5.09. The summed E-state index contributed by atoms with van der Waals surface area (Å²) in [6.45, 7) is 0. The lowest BCUT2D eigenvalue weighted by molar-refractivity contribution is -0.384. The molecule has 0 saturated heterocycles. The number of non-ortho nitro benzene ring substituents is 1. The molecule has 0 radical (unpaired) electrons. The van der Waals surface area contributed by atoms with Gasteiger partial charge in [0.15, 0.2) is 11.6 Å². The van der Waals surface area contributed by atoms with Gasteiger partial charge in [0.1, 0.15) is 5.75 Å². The summed E-state index contributed by atoms with van der Waals surface area (Å²) < 4.78 is 5.29. The van der Waals surface area contributed by atoms with Crippen LogP contribution >= 0.6 is 35.0 Å². The van der Waals surface area contributed by atoms with Gasteiger partial charge in [0.2, 0.25) is 5.16 Å². The van der Waals surface area contributed by atoms with E-state index in [9.17, 15) is 14.9 Å². The summed E-state index contributed by atoms with van der Waals surface area (Å²) in [5, 5.41) is 18.7. The quantitative estimate of drug-likeness (QED) is 0.246. The number of ether oxygens (including phenoxy) is 1. The van der Waals surface area contributed by atoms with Crippen molar-refractivity contribution in [1.29, 1.82) is 0 Å². The summed E-state index contributed by atoms with van der Waals surface area (Å²) >= 11 is 13.1. The molecular weight excluding hydrogens is 427 g/mol. The third kappa shape index (κ3) is 4.44. The van der Waals surface area contributed by atoms with Crippen molar-refractivity contribution in [1.82, 2.24) is 15.2 Å². The van der Waals surface area contributed by atoms with Crippen molar-refractivity contribution in [3.63, 3.8) is 0 Å². The van der Waals surface area contributed by atoms with E-state index in [2.05, 4.69) is 15.2 Å². The van der Waals surface area contributed by atoms with Crippen molar-refractivity contribution in [2.45, 2.75) is 5.16 Å². The van der Waals surface area contributed by atoms with E-state index in [0.717, 1.165) is 17.8 Å². The molecule has 0 amide bonds. The normalized spacial score (nSPS) is 10.7. The monoisotopic (exact) mass is 438 g/mol. The first-order valence-electron chi connectivity index (χ1n) is 7.75. The number of carbonyl (C=O) groups is 1. The van der Waals surface area contributed by atoms with Gasteiger partial charge in [-0.25, -0.2) is 4.98 Å². The number of hydrogen-bond acceptors (Lipinski definition) is 7. The van der Waals surface area contributed by atoms with Crippen molar-refractivity contribution < 1.29 is 14.5 Å². The van der Waals surface area contributed by atoms with E-state index in [1.807, 2.05) is 0 Å². The minimum absolute atomic E-state index is 0.0368. The predicted molar refractivity (Wildman–Crippen MR) is 107 cm³/mol. The zero-order valence-electron chi connectivity index (χ0n) is 14.3. The number of aromatic nitrogens is 3. The molecule has 0 spiro atoms. The van der Waals surface area contributed by atoms with E-state index >= 15 is 0 Å². The molecule has 1 aromatic heterocycles. The fourth-order valence-corrected chi connectivity index (χ4v) is 3.42. The van der Waals surface area contributed by atoms with Crippen LogP contribution < -0.4 is 4.74 Å². The number of aromatic amines is 1. The lowest BCUT2D eigenvalue weighted by atomic mass is 10.1. The Morgan fingerprint density at radius 2 is 2.07 bits per heavy atom. The van der Waals surface area contributed by atoms with Gasteiger partial charge < -0.3 is 4.74 Å². The summed E-state index contributed by atoms with van der Waals surface area (Å²) in [7, 11) is 1.53. The summed E-state index contributed by atoms with van der Waals surface area (Å²) in [4.78, 5) is 27.0. The Hall–Kier alpha value is -2.62. The minimum atomic E-state index is -0.583. The molecule has 3 rings (SSSR count). The average Bonchev–Trinajstić information content (AvgIpc) is 3.15. The first-order valence-corrected chi connectivity index (χ1v) is 9.49. The first-order chi connectivity index (χ1) is 13.4. The molecule has 3 aromatic rings. The van der Waals surface area contributed by atoms with Crippen molar-refractivity contribution >= 4 is 46.4 Å². The average molecular weight is 439 g/mol. The lowest BCUT2D eigenvalue weighted by Gasteiger charge is -2.05. The molecule has 0 bridgehead atoms. The Morgan fingerprint density at radius 1 is 1.29 bits per heavy atom. The number of halogens is 2. The molecule has 0 fully saturated rings.